The highest BCUT2D eigenvalue weighted by Gasteiger charge is 2.33. The fourth-order valence-corrected chi connectivity index (χ4v) is 2.69. The summed E-state index contributed by atoms with van der Waals surface area (Å²) in [5, 5.41) is 3.17. The van der Waals surface area contributed by atoms with Crippen LogP contribution in [0.15, 0.2) is 24.3 Å². The Balaban J connectivity index is 1.91. The average molecular weight is 230 g/mol. The normalized spacial score (nSPS) is 24.1. The van der Waals surface area contributed by atoms with Gasteiger partial charge in [0.15, 0.2) is 0 Å². The number of hydrogen-bond donors (Lipinski definition) is 1. The summed E-state index contributed by atoms with van der Waals surface area (Å²) in [6.45, 7) is 4.76. The van der Waals surface area contributed by atoms with Gasteiger partial charge in [0, 0.05) is 25.3 Å². The van der Waals surface area contributed by atoms with E-state index in [-0.39, 0.29) is 5.92 Å². The summed E-state index contributed by atoms with van der Waals surface area (Å²) in [4.78, 5) is 14.4. The molecule has 1 aromatic rings. The molecule has 0 radical (unpaired) electrons. The second kappa shape index (κ2) is 4.15. The predicted molar refractivity (Wildman–Crippen MR) is 68.0 cm³/mol. The topological polar surface area (TPSA) is 32.3 Å². The number of carbonyl (C=O) groups is 1. The third-order valence-electron chi connectivity index (χ3n) is 3.74. The number of anilines is 1. The van der Waals surface area contributed by atoms with Crippen molar-refractivity contribution in [2.75, 3.05) is 24.5 Å². The average Bonchev–Trinajstić information content (AvgIpc) is 2.25. The summed E-state index contributed by atoms with van der Waals surface area (Å²) in [6.07, 6.45) is 1.09. The van der Waals surface area contributed by atoms with Gasteiger partial charge in [0.05, 0.1) is 5.92 Å². The van der Waals surface area contributed by atoms with Crippen molar-refractivity contribution in [1.82, 2.24) is 5.32 Å². The smallest absolute Gasteiger partial charge is 0.232 e. The molecule has 3 nitrogen and oxygen atoms in total. The van der Waals surface area contributed by atoms with Gasteiger partial charge in [-0.1, -0.05) is 25.1 Å². The lowest BCUT2D eigenvalue weighted by molar-refractivity contribution is -0.124. The summed E-state index contributed by atoms with van der Waals surface area (Å²) in [7, 11) is 0. The molecule has 0 saturated carbocycles. The van der Waals surface area contributed by atoms with E-state index in [1.165, 1.54) is 5.56 Å². The Kier molecular flexibility index (Phi) is 2.63. The molecule has 0 unspecified atom stereocenters. The molecule has 1 N–H and O–H groups in total. The van der Waals surface area contributed by atoms with Gasteiger partial charge in [0.2, 0.25) is 5.91 Å². The van der Waals surface area contributed by atoms with Crippen LogP contribution in [0.25, 0.3) is 0 Å². The lowest BCUT2D eigenvalue weighted by Crippen LogP contribution is -2.53. The molecule has 0 bridgehead atoms. The molecular weight excluding hydrogens is 212 g/mol. The van der Waals surface area contributed by atoms with Gasteiger partial charge in [-0.05, 0) is 24.0 Å². The minimum Gasteiger partial charge on any atom is -0.315 e. The third kappa shape index (κ3) is 1.84. The van der Waals surface area contributed by atoms with Crippen molar-refractivity contribution in [1.29, 1.82) is 0 Å². The molecule has 0 spiro atoms. The van der Waals surface area contributed by atoms with Crippen LogP contribution < -0.4 is 10.2 Å². The van der Waals surface area contributed by atoms with Crippen LogP contribution in [0, 0.1) is 11.8 Å². The molecule has 3 heteroatoms. The summed E-state index contributed by atoms with van der Waals surface area (Å²) in [6, 6.07) is 8.30. The lowest BCUT2D eigenvalue weighted by atomic mass is 9.92. The molecule has 1 amide bonds. The van der Waals surface area contributed by atoms with Gasteiger partial charge in [-0.25, -0.2) is 0 Å². The van der Waals surface area contributed by atoms with Crippen molar-refractivity contribution < 1.29 is 4.79 Å². The Morgan fingerprint density at radius 3 is 2.82 bits per heavy atom. The summed E-state index contributed by atoms with van der Waals surface area (Å²) < 4.78 is 0. The predicted octanol–water partition coefficient (Wildman–Crippen LogP) is 1.43. The first-order valence-corrected chi connectivity index (χ1v) is 6.35. The number of amides is 1. The number of rotatable bonds is 1. The highest BCUT2D eigenvalue weighted by molar-refractivity contribution is 5.97. The Bertz CT molecular complexity index is 440. The van der Waals surface area contributed by atoms with Gasteiger partial charge in [-0.2, -0.15) is 0 Å². The number of para-hydroxylation sites is 1. The number of nitrogens with one attached hydrogen (secondary N) is 1. The fourth-order valence-electron chi connectivity index (χ4n) is 2.69. The van der Waals surface area contributed by atoms with Crippen molar-refractivity contribution in [3.05, 3.63) is 29.8 Å². The van der Waals surface area contributed by atoms with E-state index in [2.05, 4.69) is 30.4 Å². The van der Waals surface area contributed by atoms with E-state index in [1.54, 1.807) is 0 Å². The summed E-state index contributed by atoms with van der Waals surface area (Å²) in [5.41, 5.74) is 2.44. The molecule has 0 aromatic heterocycles. The van der Waals surface area contributed by atoms with Crippen LogP contribution in [-0.4, -0.2) is 25.5 Å². The zero-order valence-electron chi connectivity index (χ0n) is 10.1. The molecule has 2 heterocycles. The maximum absolute atomic E-state index is 12.4. The molecule has 2 aliphatic rings. The monoisotopic (exact) mass is 230 g/mol. The van der Waals surface area contributed by atoms with Gasteiger partial charge < -0.3 is 10.2 Å². The maximum atomic E-state index is 12.4. The number of nitrogens with zero attached hydrogens (tertiary/aromatic N) is 1. The maximum Gasteiger partial charge on any atom is 0.232 e. The molecule has 1 aromatic carbocycles. The second-order valence-corrected chi connectivity index (χ2v) is 5.24. The van der Waals surface area contributed by atoms with Crippen LogP contribution in [0.2, 0.25) is 0 Å². The summed E-state index contributed by atoms with van der Waals surface area (Å²) >= 11 is 0. The molecule has 1 atom stereocenters. The van der Waals surface area contributed by atoms with Gasteiger partial charge in [0.1, 0.15) is 0 Å². The Morgan fingerprint density at radius 1 is 1.35 bits per heavy atom. The van der Waals surface area contributed by atoms with Crippen LogP contribution in [0.1, 0.15) is 12.5 Å². The zero-order valence-corrected chi connectivity index (χ0v) is 10.1. The minimum atomic E-state index is 0.188. The van der Waals surface area contributed by atoms with Crippen molar-refractivity contribution in [2.45, 2.75) is 13.3 Å². The number of carbonyl (C=O) groups excluding carboxylic acids is 1. The molecule has 90 valence electrons. The standard InChI is InChI=1S/C14H18N2O/c1-10-6-11-4-2-3-5-13(11)16(9-10)14(17)12-7-15-8-12/h2-5,10,12,15H,6-9H2,1H3/t10-/m1/s1. The van der Waals surface area contributed by atoms with E-state index < -0.39 is 0 Å². The van der Waals surface area contributed by atoms with Gasteiger partial charge in [-0.15, -0.1) is 0 Å². The Hall–Kier alpha value is -1.35. The van der Waals surface area contributed by atoms with Crippen molar-refractivity contribution in [3.63, 3.8) is 0 Å². The molecule has 0 aliphatic carbocycles. The first-order chi connectivity index (χ1) is 8.25. The van der Waals surface area contributed by atoms with Crippen LogP contribution in [0.5, 0.6) is 0 Å². The van der Waals surface area contributed by atoms with Crippen molar-refractivity contribution in [2.24, 2.45) is 11.8 Å². The third-order valence-corrected chi connectivity index (χ3v) is 3.74. The molecule has 1 fully saturated rings. The first-order valence-electron chi connectivity index (χ1n) is 6.35. The molecule has 2 aliphatic heterocycles. The van der Waals surface area contributed by atoms with E-state index in [0.717, 1.165) is 31.7 Å². The Labute approximate surface area is 102 Å². The van der Waals surface area contributed by atoms with Crippen molar-refractivity contribution >= 4 is 11.6 Å². The van der Waals surface area contributed by atoms with Crippen LogP contribution in [0.4, 0.5) is 5.69 Å². The van der Waals surface area contributed by atoms with Crippen LogP contribution in [0.3, 0.4) is 0 Å². The lowest BCUT2D eigenvalue weighted by Gasteiger charge is -2.37. The van der Waals surface area contributed by atoms with E-state index in [1.807, 2.05) is 11.0 Å². The van der Waals surface area contributed by atoms with Crippen LogP contribution in [-0.2, 0) is 11.2 Å². The molecule has 1 saturated heterocycles. The molecular formula is C14H18N2O. The highest BCUT2D eigenvalue weighted by atomic mass is 16.2. The van der Waals surface area contributed by atoms with E-state index in [9.17, 15) is 4.79 Å². The van der Waals surface area contributed by atoms with E-state index >= 15 is 0 Å². The van der Waals surface area contributed by atoms with Gasteiger partial charge in [0.25, 0.3) is 0 Å². The van der Waals surface area contributed by atoms with E-state index in [0.29, 0.717) is 11.8 Å². The number of fused-ring (bicyclic) bond motifs is 1. The van der Waals surface area contributed by atoms with Gasteiger partial charge in [-0.3, -0.25) is 4.79 Å². The first kappa shape index (κ1) is 10.8. The highest BCUT2D eigenvalue weighted by Crippen LogP contribution is 2.30. The van der Waals surface area contributed by atoms with Crippen molar-refractivity contribution in [3.8, 4) is 0 Å². The Morgan fingerprint density at radius 2 is 2.12 bits per heavy atom. The fraction of sp³-hybridized carbons (Fsp3) is 0.500. The van der Waals surface area contributed by atoms with Gasteiger partial charge >= 0.3 is 0 Å². The largest absolute Gasteiger partial charge is 0.315 e. The SMILES string of the molecule is C[C@@H]1Cc2ccccc2N(C(=O)C2CNC2)C1. The molecule has 17 heavy (non-hydrogen) atoms. The number of hydrogen-bond acceptors (Lipinski definition) is 2. The minimum absolute atomic E-state index is 0.188. The van der Waals surface area contributed by atoms with E-state index in [4.69, 9.17) is 0 Å². The van der Waals surface area contributed by atoms with Crippen LogP contribution >= 0.6 is 0 Å². The number of benzene rings is 1. The quantitative estimate of drug-likeness (QED) is 0.791. The zero-order chi connectivity index (χ0) is 11.8. The second-order valence-electron chi connectivity index (χ2n) is 5.24. The molecule has 3 rings (SSSR count). The summed E-state index contributed by atoms with van der Waals surface area (Å²) in [5.74, 6) is 1.04.